The van der Waals surface area contributed by atoms with E-state index in [-0.39, 0.29) is 18.8 Å². The first-order valence-corrected chi connectivity index (χ1v) is 22.5. The van der Waals surface area contributed by atoms with Gasteiger partial charge in [-0.1, -0.05) is 58.0 Å². The molecular weight excluding hydrogens is 941 g/mol. The van der Waals surface area contributed by atoms with Crippen LogP contribution < -0.4 is 54.0 Å². The van der Waals surface area contributed by atoms with Crippen LogP contribution in [0.4, 0.5) is 0 Å². The number of hydrogen-bond acceptors (Lipinski definition) is 15. The fourth-order valence-electron chi connectivity index (χ4n) is 6.50. The van der Waals surface area contributed by atoms with Crippen molar-refractivity contribution in [1.82, 2.24) is 42.5 Å². The highest BCUT2D eigenvalue weighted by atomic mass is 16.4. The van der Waals surface area contributed by atoms with Gasteiger partial charge >= 0.3 is 17.9 Å². The van der Waals surface area contributed by atoms with Gasteiger partial charge in [0.1, 0.15) is 48.3 Å². The summed E-state index contributed by atoms with van der Waals surface area (Å²) in [5.74, 6) is -14.5. The Morgan fingerprint density at radius 1 is 0.535 bits per heavy atom. The lowest BCUT2D eigenvalue weighted by molar-refractivity contribution is -0.142. The zero-order chi connectivity index (χ0) is 54.3. The Bertz CT molecular complexity index is 2050. The lowest BCUT2D eigenvalue weighted by Crippen LogP contribution is -2.62. The smallest absolute Gasteiger partial charge is 0.325 e. The molecule has 0 aliphatic heterocycles. The van der Waals surface area contributed by atoms with Gasteiger partial charge in [0.2, 0.25) is 53.2 Å². The summed E-state index contributed by atoms with van der Waals surface area (Å²) < 4.78 is 0. The van der Waals surface area contributed by atoms with Gasteiger partial charge in [-0.25, -0.2) is 0 Å². The molecule has 0 heterocycles. The highest BCUT2D eigenvalue weighted by Crippen LogP contribution is 2.11. The maximum Gasteiger partial charge on any atom is 0.325 e. The molecule has 0 saturated carbocycles. The number of aliphatic hydroxyl groups is 2. The van der Waals surface area contributed by atoms with E-state index in [1.165, 1.54) is 6.92 Å². The van der Waals surface area contributed by atoms with Gasteiger partial charge in [0, 0.05) is 19.3 Å². The molecule has 0 bridgehead atoms. The van der Waals surface area contributed by atoms with Gasteiger partial charge in [-0.15, -0.1) is 0 Å². The number of aliphatic hydroxyl groups excluding tert-OH is 2. The molecule has 0 aliphatic carbocycles. The predicted octanol–water partition coefficient (Wildman–Crippen LogP) is -4.78. The third-order valence-electron chi connectivity index (χ3n) is 10.4. The Labute approximate surface area is 408 Å². The molecule has 396 valence electrons. The number of nitrogens with one attached hydrogen (secondary N) is 8. The number of carbonyl (C=O) groups is 12. The first-order valence-electron chi connectivity index (χ1n) is 22.5. The van der Waals surface area contributed by atoms with Crippen molar-refractivity contribution in [3.8, 4) is 0 Å². The summed E-state index contributed by atoms with van der Waals surface area (Å²) >= 11 is 0. The van der Waals surface area contributed by atoms with Gasteiger partial charge < -0.3 is 79.5 Å². The average Bonchev–Trinajstić information content (AvgIpc) is 3.27. The van der Waals surface area contributed by atoms with Gasteiger partial charge in [0.05, 0.1) is 25.2 Å². The van der Waals surface area contributed by atoms with E-state index in [2.05, 4.69) is 42.5 Å². The normalized spacial score (nSPS) is 15.3. The number of rotatable bonds is 32. The molecule has 9 amide bonds. The van der Waals surface area contributed by atoms with Crippen LogP contribution >= 0.6 is 0 Å². The van der Waals surface area contributed by atoms with Crippen LogP contribution in [0.5, 0.6) is 0 Å². The monoisotopic (exact) mass is 1010 g/mol. The topological polar surface area (TPSA) is 454 Å². The van der Waals surface area contributed by atoms with Crippen molar-refractivity contribution in [2.45, 2.75) is 147 Å². The molecule has 1 aromatic carbocycles. The number of aliphatic carboxylic acids is 3. The summed E-state index contributed by atoms with van der Waals surface area (Å²) in [7, 11) is 0. The van der Waals surface area contributed by atoms with E-state index in [1.54, 1.807) is 58.0 Å². The summed E-state index contributed by atoms with van der Waals surface area (Å²) in [5, 5.41) is 67.0. The number of amides is 9. The second kappa shape index (κ2) is 30.4. The first-order chi connectivity index (χ1) is 33.1. The lowest BCUT2D eigenvalue weighted by Gasteiger charge is -2.29. The van der Waals surface area contributed by atoms with Gasteiger partial charge in [0.25, 0.3) is 0 Å². The van der Waals surface area contributed by atoms with Crippen LogP contribution in [0.3, 0.4) is 0 Å². The van der Waals surface area contributed by atoms with Crippen molar-refractivity contribution in [3.05, 3.63) is 35.9 Å². The van der Waals surface area contributed by atoms with E-state index in [4.69, 9.17) is 16.6 Å². The van der Waals surface area contributed by atoms with Gasteiger partial charge in [-0.3, -0.25) is 57.5 Å². The van der Waals surface area contributed by atoms with Crippen LogP contribution in [0, 0.1) is 11.8 Å². The molecule has 71 heavy (non-hydrogen) atoms. The largest absolute Gasteiger partial charge is 0.481 e. The highest BCUT2D eigenvalue weighted by molar-refractivity contribution is 5.98. The molecule has 0 spiro atoms. The molecule has 1 rings (SSSR count). The Morgan fingerprint density at radius 3 is 1.45 bits per heavy atom. The zero-order valence-electron chi connectivity index (χ0n) is 40.3. The molecule has 27 nitrogen and oxygen atoms in total. The van der Waals surface area contributed by atoms with Crippen molar-refractivity contribution >= 4 is 71.1 Å². The molecule has 0 aliphatic rings. The second-order valence-electron chi connectivity index (χ2n) is 17.5. The third-order valence-corrected chi connectivity index (χ3v) is 10.4. The van der Waals surface area contributed by atoms with Crippen molar-refractivity contribution in [1.29, 1.82) is 0 Å². The minimum Gasteiger partial charge on any atom is -0.481 e. The first kappa shape index (κ1) is 61.8. The van der Waals surface area contributed by atoms with Gasteiger partial charge in [0.15, 0.2) is 0 Å². The number of hydrogen-bond donors (Lipinski definition) is 15. The van der Waals surface area contributed by atoms with Crippen LogP contribution in [0.2, 0.25) is 0 Å². The Kier molecular flexibility index (Phi) is 26.4. The summed E-state index contributed by atoms with van der Waals surface area (Å²) in [4.78, 5) is 154. The van der Waals surface area contributed by atoms with Gasteiger partial charge in [-0.05, 0) is 50.5 Å². The Morgan fingerprint density at radius 2 is 0.986 bits per heavy atom. The predicted molar refractivity (Wildman–Crippen MR) is 247 cm³/mol. The number of benzene rings is 1. The number of primary amides is 1. The lowest BCUT2D eigenvalue weighted by atomic mass is 10.0. The molecule has 17 N–H and O–H groups in total. The Hall–Kier alpha value is -7.26. The molecule has 0 radical (unpaired) electrons. The van der Waals surface area contributed by atoms with E-state index >= 15 is 0 Å². The summed E-state index contributed by atoms with van der Waals surface area (Å²) in [5.41, 5.74) is 11.4. The van der Waals surface area contributed by atoms with Crippen molar-refractivity contribution in [2.24, 2.45) is 23.3 Å². The second-order valence-corrected chi connectivity index (χ2v) is 17.5. The van der Waals surface area contributed by atoms with Crippen LogP contribution in [0.15, 0.2) is 30.3 Å². The number of carboxylic acids is 3. The van der Waals surface area contributed by atoms with Crippen LogP contribution in [0.1, 0.15) is 85.6 Å². The Balaban J connectivity index is 3.45. The van der Waals surface area contributed by atoms with E-state index in [0.717, 1.165) is 6.92 Å². The molecule has 27 heteroatoms. The summed E-state index contributed by atoms with van der Waals surface area (Å²) in [6, 6.07) is -6.34. The molecule has 10 atom stereocenters. The maximum atomic E-state index is 14.0. The number of nitrogens with two attached hydrogens (primary N) is 2. The van der Waals surface area contributed by atoms with Crippen molar-refractivity contribution in [3.63, 3.8) is 0 Å². The quantitative estimate of drug-likeness (QED) is 0.0322. The van der Waals surface area contributed by atoms with Crippen molar-refractivity contribution in [2.75, 3.05) is 6.61 Å². The van der Waals surface area contributed by atoms with Crippen LogP contribution in [-0.2, 0) is 64.0 Å². The van der Waals surface area contributed by atoms with E-state index < -0.39 is 176 Å². The van der Waals surface area contributed by atoms with Crippen LogP contribution in [0.25, 0.3) is 0 Å². The number of carbonyl (C=O) groups excluding carboxylic acids is 9. The third kappa shape index (κ3) is 22.8. The fraction of sp³-hybridized carbons (Fsp3) is 0.591. The van der Waals surface area contributed by atoms with E-state index in [9.17, 15) is 78.0 Å². The molecule has 0 fully saturated rings. The molecular formula is C44H68N10O17. The fourth-order valence-corrected chi connectivity index (χ4v) is 6.50. The number of carboxylic acid groups (broad SMARTS) is 3. The summed E-state index contributed by atoms with van der Waals surface area (Å²) in [6.07, 6.45) is -5.01. The van der Waals surface area contributed by atoms with Gasteiger partial charge in [-0.2, -0.15) is 0 Å². The maximum absolute atomic E-state index is 14.0. The average molecular weight is 1010 g/mol. The molecule has 0 aromatic heterocycles. The summed E-state index contributed by atoms with van der Waals surface area (Å²) in [6.45, 7) is 7.56. The SMILES string of the molecule is CC(C)C[C@H](NC(=O)[C@@H](N)CC(=O)O)C(=O)N[C@@H](CCC(=O)O)C(=O)N[C@H](C(=O)N[C@@H](CO)C(=O)N[C@@H](Cc1ccccc1)C(=O)N[C@@H](CCC(N)=O)C(=O)N[C@H](C(=O)N[C@@H](C)C(=O)O)C(C)C)[C@@H](C)O. The molecule has 0 saturated heterocycles. The standard InChI is InChI=1S/C44H68N10O17/c1-20(2)16-28(50-36(62)25(45)18-33(60)61)39(65)49-27(13-15-32(58)59)38(64)54-35(23(6)56)43(69)52-30(19-55)41(67)51-29(17-24-10-8-7-9-11-24)40(66)48-26(12-14-31(46)57)37(63)53-34(21(3)4)42(68)47-22(5)44(70)71/h7-11,20-23,25-30,34-35,55-56H,12-19,45H2,1-6H3,(H2,46,57)(H,47,68)(H,48,66)(H,49,65)(H,50,62)(H,51,67)(H,52,69)(H,53,63)(H,54,64)(H,58,59)(H,60,61)(H,70,71)/t22-,23+,25-,26-,27-,28-,29-,30-,34-,35-/m0/s1. The highest BCUT2D eigenvalue weighted by Gasteiger charge is 2.37. The zero-order valence-corrected chi connectivity index (χ0v) is 40.3. The minimum atomic E-state index is -1.95. The molecule has 1 aromatic rings. The van der Waals surface area contributed by atoms with E-state index in [0.29, 0.717) is 5.56 Å². The van der Waals surface area contributed by atoms with Crippen molar-refractivity contribution < 1.29 is 83.1 Å². The van der Waals surface area contributed by atoms with Crippen LogP contribution in [-0.4, -0.2) is 164 Å². The minimum absolute atomic E-state index is 0.0527. The van der Waals surface area contributed by atoms with E-state index in [1.807, 2.05) is 0 Å². The molecule has 0 unspecified atom stereocenters.